The number of piperidine rings is 1. The van der Waals surface area contributed by atoms with Crippen molar-refractivity contribution in [3.05, 3.63) is 53.3 Å². The van der Waals surface area contributed by atoms with Gasteiger partial charge in [0, 0.05) is 12.2 Å². The molecule has 1 aromatic carbocycles. The SMILES string of the molecule is Cc1c(C(=O)NCCC2CCCNC2)cnn1Cc1ccccc1.Cl. The minimum Gasteiger partial charge on any atom is -0.352 e. The largest absolute Gasteiger partial charge is 0.352 e. The Bertz CT molecular complexity index is 665. The van der Waals surface area contributed by atoms with Gasteiger partial charge in [-0.2, -0.15) is 5.10 Å². The Kier molecular flexibility index (Phi) is 7.47. The second-order valence-corrected chi connectivity index (χ2v) is 6.54. The zero-order valence-corrected chi connectivity index (χ0v) is 15.5. The summed E-state index contributed by atoms with van der Waals surface area (Å²) in [5.74, 6) is 0.663. The highest BCUT2D eigenvalue weighted by molar-refractivity contribution is 5.95. The third kappa shape index (κ3) is 5.31. The van der Waals surface area contributed by atoms with Crippen LogP contribution in [0.2, 0.25) is 0 Å². The zero-order chi connectivity index (χ0) is 16.8. The molecule has 1 saturated heterocycles. The zero-order valence-electron chi connectivity index (χ0n) is 14.7. The van der Waals surface area contributed by atoms with Gasteiger partial charge in [-0.25, -0.2) is 0 Å². The number of amides is 1. The first-order valence-corrected chi connectivity index (χ1v) is 8.79. The smallest absolute Gasteiger partial charge is 0.254 e. The Hall–Kier alpha value is -1.85. The maximum Gasteiger partial charge on any atom is 0.254 e. The second kappa shape index (κ2) is 9.59. The van der Waals surface area contributed by atoms with Crippen LogP contribution in [0.15, 0.2) is 36.5 Å². The number of benzene rings is 1. The predicted molar refractivity (Wildman–Crippen MR) is 102 cm³/mol. The molecule has 1 amide bonds. The summed E-state index contributed by atoms with van der Waals surface area (Å²) >= 11 is 0. The third-order valence-electron chi connectivity index (χ3n) is 4.76. The van der Waals surface area contributed by atoms with Crippen LogP contribution in [0.5, 0.6) is 0 Å². The van der Waals surface area contributed by atoms with Crippen LogP contribution in [0.1, 0.15) is 40.9 Å². The molecule has 1 unspecified atom stereocenters. The topological polar surface area (TPSA) is 59.0 Å². The van der Waals surface area contributed by atoms with E-state index in [1.54, 1.807) is 6.20 Å². The lowest BCUT2D eigenvalue weighted by Crippen LogP contribution is -2.33. The van der Waals surface area contributed by atoms with Gasteiger partial charge < -0.3 is 10.6 Å². The lowest BCUT2D eigenvalue weighted by atomic mass is 9.96. The fourth-order valence-corrected chi connectivity index (χ4v) is 3.24. The molecule has 0 spiro atoms. The van der Waals surface area contributed by atoms with Gasteiger partial charge in [-0.1, -0.05) is 30.3 Å². The summed E-state index contributed by atoms with van der Waals surface area (Å²) in [5, 5.41) is 10.8. The first kappa shape index (κ1) is 19.5. The predicted octanol–water partition coefficient (Wildman–Crippen LogP) is 2.78. The molecule has 5 nitrogen and oxygen atoms in total. The van der Waals surface area contributed by atoms with Crippen molar-refractivity contribution >= 4 is 18.3 Å². The summed E-state index contributed by atoms with van der Waals surface area (Å²) in [7, 11) is 0. The van der Waals surface area contributed by atoms with Crippen molar-refractivity contribution in [3.8, 4) is 0 Å². The van der Waals surface area contributed by atoms with Gasteiger partial charge >= 0.3 is 0 Å². The Morgan fingerprint density at radius 3 is 2.88 bits per heavy atom. The summed E-state index contributed by atoms with van der Waals surface area (Å²) in [6, 6.07) is 10.2. The lowest BCUT2D eigenvalue weighted by molar-refractivity contribution is 0.0950. The fraction of sp³-hybridized carbons (Fsp3) is 0.474. The number of aromatic nitrogens is 2. The number of halogens is 1. The van der Waals surface area contributed by atoms with E-state index in [-0.39, 0.29) is 18.3 Å². The molecule has 1 aliphatic rings. The van der Waals surface area contributed by atoms with Crippen LogP contribution in [0, 0.1) is 12.8 Å². The third-order valence-corrected chi connectivity index (χ3v) is 4.76. The summed E-state index contributed by atoms with van der Waals surface area (Å²) in [6.45, 7) is 5.57. The first-order valence-electron chi connectivity index (χ1n) is 8.79. The van der Waals surface area contributed by atoms with E-state index in [1.807, 2.05) is 29.8 Å². The van der Waals surface area contributed by atoms with Crippen molar-refractivity contribution < 1.29 is 4.79 Å². The van der Waals surface area contributed by atoms with Crippen molar-refractivity contribution in [1.82, 2.24) is 20.4 Å². The van der Waals surface area contributed by atoms with Gasteiger partial charge in [0.25, 0.3) is 5.91 Å². The monoisotopic (exact) mass is 362 g/mol. The van der Waals surface area contributed by atoms with Gasteiger partial charge in [-0.15, -0.1) is 12.4 Å². The minimum absolute atomic E-state index is 0. The molecule has 2 aromatic rings. The molecule has 6 heteroatoms. The highest BCUT2D eigenvalue weighted by atomic mass is 35.5. The van der Waals surface area contributed by atoms with E-state index in [2.05, 4.69) is 27.9 Å². The Balaban J connectivity index is 0.00000225. The highest BCUT2D eigenvalue weighted by Gasteiger charge is 2.16. The molecule has 1 aliphatic heterocycles. The molecule has 25 heavy (non-hydrogen) atoms. The van der Waals surface area contributed by atoms with Crippen molar-refractivity contribution in [2.24, 2.45) is 5.92 Å². The van der Waals surface area contributed by atoms with Crippen LogP contribution in [0.3, 0.4) is 0 Å². The lowest BCUT2D eigenvalue weighted by Gasteiger charge is -2.22. The number of hydrogen-bond donors (Lipinski definition) is 2. The van der Waals surface area contributed by atoms with E-state index in [9.17, 15) is 4.79 Å². The van der Waals surface area contributed by atoms with Crippen LogP contribution in [0.25, 0.3) is 0 Å². The van der Waals surface area contributed by atoms with Crippen molar-refractivity contribution in [2.45, 2.75) is 32.7 Å². The molecule has 0 bridgehead atoms. The maximum atomic E-state index is 12.4. The summed E-state index contributed by atoms with van der Waals surface area (Å²) in [5.41, 5.74) is 2.77. The second-order valence-electron chi connectivity index (χ2n) is 6.54. The number of carbonyl (C=O) groups is 1. The van der Waals surface area contributed by atoms with Crippen LogP contribution in [0.4, 0.5) is 0 Å². The molecule has 136 valence electrons. The molecule has 0 saturated carbocycles. The molecule has 2 N–H and O–H groups in total. The maximum absolute atomic E-state index is 12.4. The Morgan fingerprint density at radius 2 is 2.16 bits per heavy atom. The number of rotatable bonds is 6. The average Bonchev–Trinajstić information content (AvgIpc) is 2.97. The Morgan fingerprint density at radius 1 is 1.36 bits per heavy atom. The van der Waals surface area contributed by atoms with Gasteiger partial charge in [-0.3, -0.25) is 9.48 Å². The summed E-state index contributed by atoms with van der Waals surface area (Å²) in [4.78, 5) is 12.4. The summed E-state index contributed by atoms with van der Waals surface area (Å²) < 4.78 is 1.88. The van der Waals surface area contributed by atoms with Crippen LogP contribution < -0.4 is 10.6 Å². The standard InChI is InChI=1S/C19H26N4O.ClH/c1-15-18(13-22-23(15)14-17-6-3-2-4-7-17)19(24)21-11-9-16-8-5-10-20-12-16;/h2-4,6-7,13,16,20H,5,8-12,14H2,1H3,(H,21,24);1H. The molecule has 1 atom stereocenters. The molecule has 2 heterocycles. The van der Waals surface area contributed by atoms with Crippen LogP contribution >= 0.6 is 12.4 Å². The molecular formula is C19H27ClN4O. The molecule has 1 fully saturated rings. The van der Waals surface area contributed by atoms with Gasteiger partial charge in [-0.05, 0) is 50.8 Å². The van der Waals surface area contributed by atoms with E-state index < -0.39 is 0 Å². The molecule has 3 rings (SSSR count). The van der Waals surface area contributed by atoms with E-state index in [0.717, 1.165) is 31.7 Å². The Labute approximate surface area is 155 Å². The number of nitrogens with zero attached hydrogens (tertiary/aromatic N) is 2. The molecular weight excluding hydrogens is 336 g/mol. The first-order chi connectivity index (χ1) is 11.7. The van der Waals surface area contributed by atoms with Crippen molar-refractivity contribution in [3.63, 3.8) is 0 Å². The number of carbonyl (C=O) groups excluding carboxylic acids is 1. The molecule has 0 radical (unpaired) electrons. The van der Waals surface area contributed by atoms with E-state index in [1.165, 1.54) is 18.4 Å². The fourth-order valence-electron chi connectivity index (χ4n) is 3.24. The van der Waals surface area contributed by atoms with Crippen LogP contribution in [-0.4, -0.2) is 35.3 Å². The van der Waals surface area contributed by atoms with Gasteiger partial charge in [0.05, 0.1) is 18.3 Å². The van der Waals surface area contributed by atoms with Crippen molar-refractivity contribution in [1.29, 1.82) is 0 Å². The van der Waals surface area contributed by atoms with E-state index in [0.29, 0.717) is 18.0 Å². The number of hydrogen-bond acceptors (Lipinski definition) is 3. The minimum atomic E-state index is -0.0180. The molecule has 0 aliphatic carbocycles. The van der Waals surface area contributed by atoms with Gasteiger partial charge in [0.1, 0.15) is 0 Å². The van der Waals surface area contributed by atoms with E-state index in [4.69, 9.17) is 0 Å². The number of nitrogens with one attached hydrogen (secondary N) is 2. The van der Waals surface area contributed by atoms with Gasteiger partial charge in [0.15, 0.2) is 0 Å². The quantitative estimate of drug-likeness (QED) is 0.830. The molecule has 1 aromatic heterocycles. The van der Waals surface area contributed by atoms with E-state index >= 15 is 0 Å². The average molecular weight is 363 g/mol. The van der Waals surface area contributed by atoms with Crippen LogP contribution in [-0.2, 0) is 6.54 Å². The summed E-state index contributed by atoms with van der Waals surface area (Å²) in [6.07, 6.45) is 5.21. The highest BCUT2D eigenvalue weighted by Crippen LogP contribution is 2.14. The van der Waals surface area contributed by atoms with Gasteiger partial charge in [0.2, 0.25) is 0 Å². The van der Waals surface area contributed by atoms with Crippen molar-refractivity contribution in [2.75, 3.05) is 19.6 Å². The normalized spacial score (nSPS) is 16.9.